The van der Waals surface area contributed by atoms with Crippen LogP contribution in [0, 0.1) is 6.92 Å². The molecule has 1 atom stereocenters. The van der Waals surface area contributed by atoms with E-state index in [2.05, 4.69) is 47.7 Å². The van der Waals surface area contributed by atoms with Gasteiger partial charge in [0, 0.05) is 12.4 Å². The lowest BCUT2D eigenvalue weighted by Gasteiger charge is -2.16. The van der Waals surface area contributed by atoms with Crippen LogP contribution in [0.3, 0.4) is 0 Å². The summed E-state index contributed by atoms with van der Waals surface area (Å²) in [6.45, 7) is 4.21. The second-order valence-electron chi connectivity index (χ2n) is 4.89. The first-order chi connectivity index (χ1) is 9.22. The van der Waals surface area contributed by atoms with Crippen LogP contribution in [-0.4, -0.2) is 4.98 Å². The van der Waals surface area contributed by atoms with Gasteiger partial charge in [-0.15, -0.1) is 0 Å². The van der Waals surface area contributed by atoms with E-state index < -0.39 is 0 Å². The summed E-state index contributed by atoms with van der Waals surface area (Å²) in [6, 6.07) is 10.9. The molecular weight excluding hydrogens is 234 g/mol. The number of nitrogens with zero attached hydrogens (tertiary/aromatic N) is 1. The lowest BCUT2D eigenvalue weighted by Crippen LogP contribution is -2.29. The van der Waals surface area contributed by atoms with Gasteiger partial charge in [-0.1, -0.05) is 37.3 Å². The predicted octanol–water partition coefficient (Wildman–Crippen LogP) is 2.70. The van der Waals surface area contributed by atoms with Crippen molar-refractivity contribution in [1.29, 1.82) is 0 Å². The average Bonchev–Trinajstić information content (AvgIpc) is 2.45. The third-order valence-corrected chi connectivity index (χ3v) is 3.37. The molecule has 0 spiro atoms. The van der Waals surface area contributed by atoms with E-state index >= 15 is 0 Å². The van der Waals surface area contributed by atoms with Crippen molar-refractivity contribution in [3.05, 3.63) is 65.0 Å². The topological polar surface area (TPSA) is 50.9 Å². The minimum absolute atomic E-state index is 0.0971. The van der Waals surface area contributed by atoms with Crippen molar-refractivity contribution in [2.75, 3.05) is 0 Å². The maximum Gasteiger partial charge on any atom is 0.0515 e. The minimum atomic E-state index is 0.0971. The molecule has 0 aliphatic heterocycles. The van der Waals surface area contributed by atoms with Crippen LogP contribution in [0.2, 0.25) is 0 Å². The van der Waals surface area contributed by atoms with Gasteiger partial charge in [0.05, 0.1) is 6.04 Å². The number of rotatable bonds is 5. The van der Waals surface area contributed by atoms with Crippen LogP contribution >= 0.6 is 0 Å². The zero-order valence-corrected chi connectivity index (χ0v) is 11.6. The predicted molar refractivity (Wildman–Crippen MR) is 78.6 cm³/mol. The molecule has 0 aliphatic rings. The van der Waals surface area contributed by atoms with E-state index in [4.69, 9.17) is 5.84 Å². The fraction of sp³-hybridized carbons (Fsp3) is 0.312. The second kappa shape index (κ2) is 6.45. The monoisotopic (exact) mass is 255 g/mol. The molecule has 0 radical (unpaired) electrons. The Morgan fingerprint density at radius 3 is 2.42 bits per heavy atom. The van der Waals surface area contributed by atoms with E-state index in [1.165, 1.54) is 11.1 Å². The summed E-state index contributed by atoms with van der Waals surface area (Å²) in [6.07, 6.45) is 5.66. The molecule has 3 N–H and O–H groups in total. The van der Waals surface area contributed by atoms with Gasteiger partial charge in [-0.05, 0) is 42.0 Å². The van der Waals surface area contributed by atoms with Gasteiger partial charge in [-0.2, -0.15) is 0 Å². The Balaban J connectivity index is 2.14. The fourth-order valence-electron chi connectivity index (χ4n) is 2.19. The zero-order chi connectivity index (χ0) is 13.7. The first-order valence-electron chi connectivity index (χ1n) is 6.68. The highest BCUT2D eigenvalue weighted by atomic mass is 15.2. The van der Waals surface area contributed by atoms with Crippen molar-refractivity contribution in [3.8, 4) is 0 Å². The molecule has 0 saturated carbocycles. The molecule has 0 amide bonds. The van der Waals surface area contributed by atoms with Gasteiger partial charge in [-0.25, -0.2) is 0 Å². The van der Waals surface area contributed by atoms with Gasteiger partial charge >= 0.3 is 0 Å². The van der Waals surface area contributed by atoms with Crippen LogP contribution in [0.5, 0.6) is 0 Å². The van der Waals surface area contributed by atoms with Gasteiger partial charge in [0.15, 0.2) is 0 Å². The number of nitrogens with two attached hydrogens (primary N) is 1. The third kappa shape index (κ3) is 3.63. The molecule has 0 aliphatic carbocycles. The van der Waals surface area contributed by atoms with E-state index in [0.29, 0.717) is 0 Å². The quantitative estimate of drug-likeness (QED) is 0.638. The first kappa shape index (κ1) is 13.7. The molecule has 1 aromatic carbocycles. The zero-order valence-electron chi connectivity index (χ0n) is 11.6. The number of hydrogen-bond acceptors (Lipinski definition) is 3. The van der Waals surface area contributed by atoms with Gasteiger partial charge in [0.1, 0.15) is 0 Å². The maximum atomic E-state index is 5.68. The minimum Gasteiger partial charge on any atom is -0.271 e. The van der Waals surface area contributed by atoms with Crippen molar-refractivity contribution in [2.45, 2.75) is 32.7 Å². The lowest BCUT2D eigenvalue weighted by molar-refractivity contribution is 0.550. The van der Waals surface area contributed by atoms with Crippen LogP contribution in [0.1, 0.15) is 35.2 Å². The first-order valence-corrected chi connectivity index (χ1v) is 6.68. The van der Waals surface area contributed by atoms with Crippen molar-refractivity contribution >= 4 is 0 Å². The van der Waals surface area contributed by atoms with Crippen molar-refractivity contribution in [3.63, 3.8) is 0 Å². The van der Waals surface area contributed by atoms with E-state index in [1.54, 1.807) is 0 Å². The van der Waals surface area contributed by atoms with Gasteiger partial charge < -0.3 is 0 Å². The molecule has 3 nitrogen and oxygen atoms in total. The SMILES string of the molecule is CCc1ccc(CC(NN)c2cncc(C)c2)cc1. The van der Waals surface area contributed by atoms with E-state index in [-0.39, 0.29) is 6.04 Å². The van der Waals surface area contributed by atoms with E-state index in [1.807, 2.05) is 19.3 Å². The summed E-state index contributed by atoms with van der Waals surface area (Å²) in [7, 11) is 0. The molecule has 19 heavy (non-hydrogen) atoms. The highest BCUT2D eigenvalue weighted by Gasteiger charge is 2.11. The number of nitrogens with one attached hydrogen (secondary N) is 1. The summed E-state index contributed by atoms with van der Waals surface area (Å²) >= 11 is 0. The highest BCUT2D eigenvalue weighted by molar-refractivity contribution is 5.26. The Morgan fingerprint density at radius 1 is 1.16 bits per heavy atom. The van der Waals surface area contributed by atoms with Gasteiger partial charge in [-0.3, -0.25) is 16.3 Å². The molecule has 0 saturated heterocycles. The largest absolute Gasteiger partial charge is 0.271 e. The summed E-state index contributed by atoms with van der Waals surface area (Å²) in [4.78, 5) is 4.23. The van der Waals surface area contributed by atoms with E-state index in [0.717, 1.165) is 24.0 Å². The number of pyridine rings is 1. The number of hydrazine groups is 1. The van der Waals surface area contributed by atoms with Crippen LogP contribution in [0.25, 0.3) is 0 Å². The Morgan fingerprint density at radius 2 is 1.84 bits per heavy atom. The average molecular weight is 255 g/mol. The molecule has 1 unspecified atom stereocenters. The molecule has 1 heterocycles. The van der Waals surface area contributed by atoms with Crippen LogP contribution in [0.15, 0.2) is 42.7 Å². The van der Waals surface area contributed by atoms with E-state index in [9.17, 15) is 0 Å². The standard InChI is InChI=1S/C16H21N3/c1-3-13-4-6-14(7-5-13)9-16(19-17)15-8-12(2)10-18-11-15/h4-8,10-11,16,19H,3,9,17H2,1-2H3. The number of aromatic nitrogens is 1. The Hall–Kier alpha value is -1.71. The highest BCUT2D eigenvalue weighted by Crippen LogP contribution is 2.18. The smallest absolute Gasteiger partial charge is 0.0515 e. The third-order valence-electron chi connectivity index (χ3n) is 3.37. The van der Waals surface area contributed by atoms with Crippen LogP contribution < -0.4 is 11.3 Å². The molecule has 0 fully saturated rings. The number of benzene rings is 1. The van der Waals surface area contributed by atoms with Crippen molar-refractivity contribution < 1.29 is 0 Å². The van der Waals surface area contributed by atoms with Crippen molar-refractivity contribution in [2.24, 2.45) is 5.84 Å². The lowest BCUT2D eigenvalue weighted by atomic mass is 9.99. The molecule has 1 aromatic heterocycles. The van der Waals surface area contributed by atoms with Crippen LogP contribution in [0.4, 0.5) is 0 Å². The van der Waals surface area contributed by atoms with Gasteiger partial charge in [0.2, 0.25) is 0 Å². The molecule has 2 aromatic rings. The summed E-state index contributed by atoms with van der Waals surface area (Å²) in [5.41, 5.74) is 7.80. The van der Waals surface area contributed by atoms with Crippen LogP contribution in [-0.2, 0) is 12.8 Å². The number of hydrogen-bond donors (Lipinski definition) is 2. The molecule has 3 heteroatoms. The molecular formula is C16H21N3. The molecule has 100 valence electrons. The number of aryl methyl sites for hydroxylation is 2. The maximum absolute atomic E-state index is 5.68. The second-order valence-corrected chi connectivity index (χ2v) is 4.89. The summed E-state index contributed by atoms with van der Waals surface area (Å²) in [5, 5.41) is 0. The Labute approximate surface area is 114 Å². The Bertz CT molecular complexity index is 520. The summed E-state index contributed by atoms with van der Waals surface area (Å²) in [5.74, 6) is 5.68. The normalized spacial score (nSPS) is 12.4. The fourth-order valence-corrected chi connectivity index (χ4v) is 2.19. The summed E-state index contributed by atoms with van der Waals surface area (Å²) < 4.78 is 0. The molecule has 2 rings (SSSR count). The Kier molecular flexibility index (Phi) is 4.66. The van der Waals surface area contributed by atoms with Gasteiger partial charge in [0.25, 0.3) is 0 Å². The van der Waals surface area contributed by atoms with Crippen molar-refractivity contribution in [1.82, 2.24) is 10.4 Å². The molecule has 0 bridgehead atoms.